The molecule has 1 aromatic rings. The van der Waals surface area contributed by atoms with E-state index in [1.807, 2.05) is 0 Å². The lowest BCUT2D eigenvalue weighted by molar-refractivity contribution is 0.111. The zero-order chi connectivity index (χ0) is 14.1. The Morgan fingerprint density at radius 2 is 2.00 bits per heavy atom. The van der Waals surface area contributed by atoms with E-state index in [9.17, 15) is 4.79 Å². The van der Waals surface area contributed by atoms with Crippen molar-refractivity contribution in [2.75, 3.05) is 33.4 Å². The van der Waals surface area contributed by atoms with Gasteiger partial charge in [0.05, 0.1) is 19.3 Å². The number of hydrogen-bond donors (Lipinski definition) is 0. The molecular weight excluding hydrogens is 242 g/mol. The van der Waals surface area contributed by atoms with E-state index >= 15 is 0 Å². The highest BCUT2D eigenvalue weighted by Crippen LogP contribution is 2.29. The van der Waals surface area contributed by atoms with E-state index in [1.165, 1.54) is 0 Å². The second-order valence-electron chi connectivity index (χ2n) is 4.23. The van der Waals surface area contributed by atoms with E-state index in [2.05, 4.69) is 18.7 Å². The normalized spacial score (nSPS) is 10.5. The highest BCUT2D eigenvalue weighted by Gasteiger charge is 2.09. The van der Waals surface area contributed by atoms with Gasteiger partial charge in [0.1, 0.15) is 0 Å². The van der Waals surface area contributed by atoms with Gasteiger partial charge in [0, 0.05) is 6.54 Å². The van der Waals surface area contributed by atoms with Crippen LogP contribution >= 0.6 is 0 Å². The molecule has 0 heterocycles. The summed E-state index contributed by atoms with van der Waals surface area (Å²) in [6.07, 6.45) is 1.72. The zero-order valence-electron chi connectivity index (χ0n) is 12.0. The minimum absolute atomic E-state index is 0.530. The van der Waals surface area contributed by atoms with E-state index < -0.39 is 0 Å². The molecule has 4 nitrogen and oxygen atoms in total. The van der Waals surface area contributed by atoms with Crippen molar-refractivity contribution in [1.29, 1.82) is 0 Å². The predicted molar refractivity (Wildman–Crippen MR) is 76.3 cm³/mol. The first-order valence-electron chi connectivity index (χ1n) is 6.74. The maximum atomic E-state index is 11.0. The van der Waals surface area contributed by atoms with Crippen LogP contribution < -0.4 is 9.47 Å². The van der Waals surface area contributed by atoms with E-state index in [-0.39, 0.29) is 0 Å². The molecule has 0 N–H and O–H groups in total. The third kappa shape index (κ3) is 4.56. The van der Waals surface area contributed by atoms with Crippen molar-refractivity contribution < 1.29 is 14.3 Å². The fourth-order valence-electron chi connectivity index (χ4n) is 1.94. The number of aldehydes is 1. The van der Waals surface area contributed by atoms with E-state index in [1.54, 1.807) is 25.3 Å². The quantitative estimate of drug-likeness (QED) is 0.508. The van der Waals surface area contributed by atoms with Crippen LogP contribution in [-0.2, 0) is 0 Å². The topological polar surface area (TPSA) is 38.8 Å². The van der Waals surface area contributed by atoms with Gasteiger partial charge in [-0.15, -0.1) is 0 Å². The van der Waals surface area contributed by atoms with Crippen LogP contribution in [0.5, 0.6) is 11.5 Å². The Morgan fingerprint density at radius 1 is 1.26 bits per heavy atom. The average molecular weight is 265 g/mol. The lowest BCUT2D eigenvalue weighted by Crippen LogP contribution is -2.25. The number of rotatable bonds is 9. The third-order valence-electron chi connectivity index (χ3n) is 3.12. The minimum Gasteiger partial charge on any atom is -0.493 e. The second kappa shape index (κ2) is 8.53. The van der Waals surface area contributed by atoms with Crippen LogP contribution in [0, 0.1) is 0 Å². The first kappa shape index (κ1) is 15.5. The molecular formula is C15H23NO3. The molecule has 0 amide bonds. The number of carbonyl (C=O) groups is 1. The largest absolute Gasteiger partial charge is 0.493 e. The van der Waals surface area contributed by atoms with Crippen molar-refractivity contribution in [1.82, 2.24) is 4.90 Å². The molecule has 0 saturated carbocycles. The number of hydrogen-bond acceptors (Lipinski definition) is 4. The van der Waals surface area contributed by atoms with Gasteiger partial charge in [-0.05, 0) is 31.6 Å². The van der Waals surface area contributed by atoms with Crippen LogP contribution in [0.15, 0.2) is 18.2 Å². The van der Waals surface area contributed by atoms with Gasteiger partial charge in [-0.2, -0.15) is 0 Å². The number of methoxy groups -OCH3 is 1. The Balaban J connectivity index is 2.55. The second-order valence-corrected chi connectivity index (χ2v) is 4.23. The number of nitrogens with zero attached hydrogens (tertiary/aromatic N) is 1. The van der Waals surface area contributed by atoms with Crippen LogP contribution in [-0.4, -0.2) is 44.5 Å². The average Bonchev–Trinajstić information content (AvgIpc) is 2.47. The Kier molecular flexibility index (Phi) is 6.97. The van der Waals surface area contributed by atoms with Crippen molar-refractivity contribution in [3.8, 4) is 11.5 Å². The Hall–Kier alpha value is -1.55. The molecule has 1 aromatic carbocycles. The van der Waals surface area contributed by atoms with Gasteiger partial charge in [0.25, 0.3) is 0 Å². The van der Waals surface area contributed by atoms with Crippen LogP contribution in [0.25, 0.3) is 0 Å². The van der Waals surface area contributed by atoms with Crippen molar-refractivity contribution in [3.05, 3.63) is 23.8 Å². The van der Waals surface area contributed by atoms with Crippen LogP contribution in [0.2, 0.25) is 0 Å². The van der Waals surface area contributed by atoms with E-state index in [4.69, 9.17) is 9.47 Å². The summed E-state index contributed by atoms with van der Waals surface area (Å²) in [6.45, 7) is 7.97. The first-order valence-corrected chi connectivity index (χ1v) is 6.74. The summed E-state index contributed by atoms with van der Waals surface area (Å²) < 4.78 is 10.9. The fourth-order valence-corrected chi connectivity index (χ4v) is 1.94. The van der Waals surface area contributed by atoms with Gasteiger partial charge in [-0.1, -0.05) is 19.9 Å². The summed E-state index contributed by atoms with van der Waals surface area (Å²) >= 11 is 0. The molecule has 0 radical (unpaired) electrons. The van der Waals surface area contributed by atoms with Crippen LogP contribution in [0.3, 0.4) is 0 Å². The zero-order valence-corrected chi connectivity index (χ0v) is 12.0. The Labute approximate surface area is 115 Å². The monoisotopic (exact) mass is 265 g/mol. The van der Waals surface area contributed by atoms with Gasteiger partial charge in [-0.25, -0.2) is 0 Å². The van der Waals surface area contributed by atoms with E-state index in [0.717, 1.165) is 32.3 Å². The number of carbonyl (C=O) groups excluding carboxylic acids is 1. The van der Waals surface area contributed by atoms with E-state index in [0.29, 0.717) is 23.7 Å². The summed E-state index contributed by atoms with van der Waals surface area (Å²) in [7, 11) is 1.58. The molecule has 0 aliphatic heterocycles. The smallest absolute Gasteiger partial charge is 0.171 e. The molecule has 0 bridgehead atoms. The molecule has 0 spiro atoms. The number of para-hydroxylation sites is 1. The van der Waals surface area contributed by atoms with Crippen molar-refractivity contribution in [2.24, 2.45) is 0 Å². The van der Waals surface area contributed by atoms with Gasteiger partial charge < -0.3 is 14.4 Å². The molecule has 0 aliphatic rings. The Bertz CT molecular complexity index is 389. The van der Waals surface area contributed by atoms with Gasteiger partial charge >= 0.3 is 0 Å². The number of ether oxygens (including phenoxy) is 2. The molecule has 0 aliphatic carbocycles. The summed E-state index contributed by atoms with van der Waals surface area (Å²) in [4.78, 5) is 13.3. The maximum Gasteiger partial charge on any atom is 0.171 e. The maximum absolute atomic E-state index is 11.0. The lowest BCUT2D eigenvalue weighted by atomic mass is 10.2. The molecule has 1 rings (SSSR count). The van der Waals surface area contributed by atoms with Crippen LogP contribution in [0.1, 0.15) is 30.6 Å². The Morgan fingerprint density at radius 3 is 2.58 bits per heavy atom. The summed E-state index contributed by atoms with van der Waals surface area (Å²) in [5, 5.41) is 0. The SMILES string of the molecule is CCN(CC)CCCOc1c(C=O)cccc1OC. The molecule has 106 valence electrons. The summed E-state index contributed by atoms with van der Waals surface area (Å²) in [5.74, 6) is 1.15. The highest BCUT2D eigenvalue weighted by molar-refractivity contribution is 5.81. The number of benzene rings is 1. The van der Waals surface area contributed by atoms with Gasteiger partial charge in [0.2, 0.25) is 0 Å². The van der Waals surface area contributed by atoms with Gasteiger partial charge in [-0.3, -0.25) is 4.79 Å². The van der Waals surface area contributed by atoms with Crippen molar-refractivity contribution in [2.45, 2.75) is 20.3 Å². The standard InChI is InChI=1S/C15H23NO3/c1-4-16(5-2)10-7-11-19-15-13(12-17)8-6-9-14(15)18-3/h6,8-9,12H,4-5,7,10-11H2,1-3H3. The summed E-state index contributed by atoms with van der Waals surface area (Å²) in [5.41, 5.74) is 0.530. The predicted octanol–water partition coefficient (Wildman–Crippen LogP) is 2.62. The van der Waals surface area contributed by atoms with Crippen LogP contribution in [0.4, 0.5) is 0 Å². The first-order chi connectivity index (χ1) is 9.26. The molecule has 0 saturated heterocycles. The molecule has 0 aromatic heterocycles. The summed E-state index contributed by atoms with van der Waals surface area (Å²) in [6, 6.07) is 5.31. The third-order valence-corrected chi connectivity index (χ3v) is 3.12. The molecule has 19 heavy (non-hydrogen) atoms. The van der Waals surface area contributed by atoms with Crippen molar-refractivity contribution in [3.63, 3.8) is 0 Å². The van der Waals surface area contributed by atoms with Crippen molar-refractivity contribution >= 4 is 6.29 Å². The molecule has 0 unspecified atom stereocenters. The molecule has 4 heteroatoms. The minimum atomic E-state index is 0.530. The van der Waals surface area contributed by atoms with Gasteiger partial charge in [0.15, 0.2) is 17.8 Å². The fraction of sp³-hybridized carbons (Fsp3) is 0.533. The highest BCUT2D eigenvalue weighted by atomic mass is 16.5. The molecule has 0 fully saturated rings. The lowest BCUT2D eigenvalue weighted by Gasteiger charge is -2.18. The molecule has 0 atom stereocenters.